The molecular weight excluding hydrogens is 1240 g/mol. The van der Waals surface area contributed by atoms with Gasteiger partial charge in [0.25, 0.3) is 5.79 Å². The Balaban J connectivity index is 2.39. The van der Waals surface area contributed by atoms with Gasteiger partial charge in [0.2, 0.25) is 18.2 Å². The van der Waals surface area contributed by atoms with Crippen LogP contribution in [-0.4, -0.2) is 238 Å². The number of carbonyl (C=O) groups excluding carboxylic acids is 14. The predicted octanol–water partition coefficient (Wildman–Crippen LogP) is -1.65. The van der Waals surface area contributed by atoms with Crippen LogP contribution >= 0.6 is 0 Å². The van der Waals surface area contributed by atoms with Gasteiger partial charge in [-0.05, 0) is 0 Å². The van der Waals surface area contributed by atoms with E-state index < -0.39 is 245 Å². The second-order valence-corrected chi connectivity index (χ2v) is 20.9. The van der Waals surface area contributed by atoms with Crippen LogP contribution in [0.25, 0.3) is 0 Å². The molecule has 0 bridgehead atoms. The molecule has 2 amide bonds. The van der Waals surface area contributed by atoms with E-state index in [1.165, 1.54) is 6.92 Å². The highest BCUT2D eigenvalue weighted by molar-refractivity contribution is 5.79. The fourth-order valence-corrected chi connectivity index (χ4v) is 10.1. The number of esters is 12. The van der Waals surface area contributed by atoms with Crippen molar-refractivity contribution in [1.29, 1.82) is 0 Å². The van der Waals surface area contributed by atoms with Crippen molar-refractivity contribution in [2.24, 2.45) is 5.92 Å². The number of carbonyl (C=O) groups is 14. The maximum Gasteiger partial charge on any atom is 0.366 e. The molecule has 35 nitrogen and oxygen atoms in total. The topological polar surface area (TPSA) is 449 Å². The third kappa shape index (κ3) is 24.1. The Morgan fingerprint density at radius 3 is 1.53 bits per heavy atom. The van der Waals surface area contributed by atoms with Crippen LogP contribution in [0.5, 0.6) is 0 Å². The molecule has 36 heteroatoms. The summed E-state index contributed by atoms with van der Waals surface area (Å²) < 4.78 is 119. The highest BCUT2D eigenvalue weighted by atomic mass is 19.1. The molecule has 514 valence electrons. The molecule has 3 saturated heterocycles. The van der Waals surface area contributed by atoms with Crippen molar-refractivity contribution in [3.8, 4) is 0 Å². The maximum absolute atomic E-state index is 15.8. The zero-order chi connectivity index (χ0) is 68.9. The van der Waals surface area contributed by atoms with E-state index >= 15 is 4.39 Å². The smallest absolute Gasteiger partial charge is 0.366 e. The molecule has 20 atom stereocenters. The summed E-state index contributed by atoms with van der Waals surface area (Å²) in [4.78, 5) is 180. The first-order valence-corrected chi connectivity index (χ1v) is 28.1. The molecule has 0 aromatic rings. The number of ether oxygens (including phenoxy) is 18. The van der Waals surface area contributed by atoms with Crippen molar-refractivity contribution in [1.82, 2.24) is 10.6 Å². The summed E-state index contributed by atoms with van der Waals surface area (Å²) in [5.74, 6) is -18.9. The largest absolute Gasteiger partial charge is 0.466 e. The zero-order valence-corrected chi connectivity index (χ0v) is 52.6. The summed E-state index contributed by atoms with van der Waals surface area (Å²) in [5, 5.41) is 15.7. The molecule has 91 heavy (non-hydrogen) atoms. The predicted molar refractivity (Wildman–Crippen MR) is 288 cm³/mol. The van der Waals surface area contributed by atoms with Gasteiger partial charge in [-0.2, -0.15) is 0 Å². The average molecular weight is 1320 g/mol. The fraction of sp³-hybridized carbons (Fsp3) is 0.745. The molecule has 3 heterocycles. The SMILES string of the molecule is COC(=O)[C@@]1(OCC2O[C@@H](O[C@@H]3C(COC(C)=O)O[C@@H](OC(C(OC(C)=O)[C@@H](CCOC(C)=O)OC(C)=O)[C@H](O)F)C(NC(C)=O)C3C)[C@@H](OC(C)=O)C(OC(C)=O)[C@H]2OC(C)=O)C[C@@H](OC(C)=O)[C@@H](NC(C)=O)C([C@H](OC(C)=O)[C@@H](COC(C)=O)OC(C)=O)O1. The Morgan fingerprint density at radius 2 is 1.03 bits per heavy atom. The summed E-state index contributed by atoms with van der Waals surface area (Å²) in [7, 11) is 0.844. The van der Waals surface area contributed by atoms with Crippen LogP contribution in [0.2, 0.25) is 0 Å². The Kier molecular flexibility index (Phi) is 30.4. The molecule has 3 aliphatic rings. The van der Waals surface area contributed by atoms with Gasteiger partial charge in [0.1, 0.15) is 43.7 Å². The van der Waals surface area contributed by atoms with Crippen LogP contribution in [0.4, 0.5) is 4.39 Å². The molecule has 3 rings (SSSR count). The number of rotatable bonds is 30. The molecule has 0 aliphatic carbocycles. The van der Waals surface area contributed by atoms with Crippen LogP contribution < -0.4 is 10.6 Å². The highest BCUT2D eigenvalue weighted by Gasteiger charge is 2.62. The third-order valence-electron chi connectivity index (χ3n) is 13.2. The number of alkyl halides is 1. The van der Waals surface area contributed by atoms with Crippen molar-refractivity contribution in [2.45, 2.75) is 226 Å². The second-order valence-electron chi connectivity index (χ2n) is 20.9. The second kappa shape index (κ2) is 35.7. The first-order valence-electron chi connectivity index (χ1n) is 28.1. The molecule has 8 unspecified atom stereocenters. The minimum atomic E-state index is -3.15. The van der Waals surface area contributed by atoms with Crippen LogP contribution in [-0.2, 0) is 152 Å². The van der Waals surface area contributed by atoms with E-state index in [4.69, 9.17) is 85.3 Å². The summed E-state index contributed by atoms with van der Waals surface area (Å²) >= 11 is 0. The Labute approximate surface area is 520 Å². The number of halogens is 1. The van der Waals surface area contributed by atoms with E-state index in [1.807, 2.05) is 0 Å². The van der Waals surface area contributed by atoms with Crippen molar-refractivity contribution >= 4 is 83.4 Å². The van der Waals surface area contributed by atoms with Crippen LogP contribution in [0, 0.1) is 5.92 Å². The summed E-state index contributed by atoms with van der Waals surface area (Å²) in [5.41, 5.74) is 0. The van der Waals surface area contributed by atoms with E-state index in [9.17, 15) is 72.2 Å². The molecule has 3 N–H and O–H groups in total. The Morgan fingerprint density at radius 1 is 0.538 bits per heavy atom. The minimum Gasteiger partial charge on any atom is -0.466 e. The third-order valence-corrected chi connectivity index (χ3v) is 13.2. The summed E-state index contributed by atoms with van der Waals surface area (Å²) in [6.45, 7) is 10.3. The lowest BCUT2D eigenvalue weighted by atomic mass is 9.87. The van der Waals surface area contributed by atoms with Gasteiger partial charge in [-0.15, -0.1) is 0 Å². The first-order chi connectivity index (χ1) is 42.4. The first kappa shape index (κ1) is 77.5. The number of amides is 2. The number of hydrogen-bond donors (Lipinski definition) is 3. The van der Waals surface area contributed by atoms with Gasteiger partial charge in [-0.25, -0.2) is 9.18 Å². The lowest BCUT2D eigenvalue weighted by Crippen LogP contribution is -2.70. The molecule has 0 spiro atoms. The number of aliphatic hydroxyl groups excluding tert-OH is 1. The molecule has 3 fully saturated rings. The van der Waals surface area contributed by atoms with Gasteiger partial charge >= 0.3 is 71.6 Å². The lowest BCUT2D eigenvalue weighted by Gasteiger charge is -2.50. The van der Waals surface area contributed by atoms with Gasteiger partial charge < -0.3 is 101 Å². The van der Waals surface area contributed by atoms with Crippen molar-refractivity contribution in [2.75, 3.05) is 33.5 Å². The molecule has 0 saturated carbocycles. The van der Waals surface area contributed by atoms with E-state index in [2.05, 4.69) is 10.6 Å². The van der Waals surface area contributed by atoms with Gasteiger partial charge in [0.05, 0.1) is 44.9 Å². The van der Waals surface area contributed by atoms with E-state index in [1.54, 1.807) is 0 Å². The highest BCUT2D eigenvalue weighted by Crippen LogP contribution is 2.41. The van der Waals surface area contributed by atoms with Crippen LogP contribution in [0.15, 0.2) is 0 Å². The van der Waals surface area contributed by atoms with Gasteiger partial charge in [0.15, 0.2) is 55.3 Å². The van der Waals surface area contributed by atoms with Crippen molar-refractivity contribution < 1.29 is 162 Å². The lowest BCUT2D eigenvalue weighted by molar-refractivity contribution is -0.362. The number of nitrogens with one attached hydrogen (secondary N) is 2. The quantitative estimate of drug-likeness (QED) is 0.0536. The number of hydrogen-bond acceptors (Lipinski definition) is 33. The summed E-state index contributed by atoms with van der Waals surface area (Å²) in [6, 6.07) is -3.28. The zero-order valence-electron chi connectivity index (χ0n) is 52.6. The standard InChI is InChI=1S/C55H79FN2O33/c1-22-41(57-23(2)59)52(90-49(51(56)72)44(82-31(10)67)36(79-28(7)64)16-17-75-25(4)61)87-38(19-76-26(5)62)43(22)89-53-50(86-35(14)71)48(85-34(13)70)46(84-33(12)69)40(88-53)21-78-55(54(73)74-15)18-37(80-29(8)65)42(58-24(3)60)47(91-55)45(83-32(11)68)39(81-30(9)66)20-77-27(6)63/h22,36-53,72H,16-21H2,1-15H3,(H,57,59)(H,58,60)/t22?,36-,37-,38?,39-,40?,41?,42-,43+,44?,45-,46+,47?,48?,49?,50+,51+,52+,53+,55-/m1/s1. The minimum absolute atomic E-state index is 0.478. The Bertz CT molecular complexity index is 2620. The molecular formula is C55H79FN2O33. The number of aliphatic hydroxyl groups is 1. The van der Waals surface area contributed by atoms with E-state index in [-0.39, 0.29) is 0 Å². The fourth-order valence-electron chi connectivity index (χ4n) is 10.1. The van der Waals surface area contributed by atoms with Crippen LogP contribution in [0.3, 0.4) is 0 Å². The molecule has 3 aliphatic heterocycles. The Hall–Kier alpha value is -7.77. The van der Waals surface area contributed by atoms with Gasteiger partial charge in [-0.3, -0.25) is 62.3 Å². The monoisotopic (exact) mass is 1310 g/mol. The van der Waals surface area contributed by atoms with Gasteiger partial charge in [-0.1, -0.05) is 6.92 Å². The maximum atomic E-state index is 15.8. The number of methoxy groups -OCH3 is 1. The normalized spacial score (nSPS) is 28.1. The molecule has 0 aromatic carbocycles. The molecule has 0 radical (unpaired) electrons. The summed E-state index contributed by atoms with van der Waals surface area (Å²) in [6.07, 6.45) is -34.0. The van der Waals surface area contributed by atoms with Crippen LogP contribution in [0.1, 0.15) is 110 Å². The van der Waals surface area contributed by atoms with E-state index in [0.717, 1.165) is 97.1 Å². The molecule has 0 aromatic heterocycles. The van der Waals surface area contributed by atoms with E-state index in [0.29, 0.717) is 0 Å². The van der Waals surface area contributed by atoms with Gasteiger partial charge in [0, 0.05) is 102 Å². The van der Waals surface area contributed by atoms with Crippen molar-refractivity contribution in [3.05, 3.63) is 0 Å². The average Bonchev–Trinajstić information content (AvgIpc) is 0.789. The van der Waals surface area contributed by atoms with Crippen molar-refractivity contribution in [3.63, 3.8) is 0 Å².